The molecule has 2 aromatic carbocycles. The highest BCUT2D eigenvalue weighted by molar-refractivity contribution is 5.93. The maximum absolute atomic E-state index is 11.2. The molecule has 0 aliphatic carbocycles. The van der Waals surface area contributed by atoms with Gasteiger partial charge in [0.15, 0.2) is 0 Å². The monoisotopic (exact) mass is 430 g/mol. The van der Waals surface area contributed by atoms with Crippen LogP contribution in [0.4, 0.5) is 0 Å². The van der Waals surface area contributed by atoms with Crippen molar-refractivity contribution in [3.8, 4) is 16.9 Å². The molecule has 2 heterocycles. The van der Waals surface area contributed by atoms with Crippen molar-refractivity contribution in [3.63, 3.8) is 0 Å². The summed E-state index contributed by atoms with van der Waals surface area (Å²) in [6.07, 6.45) is 5.35. The van der Waals surface area contributed by atoms with E-state index < -0.39 is 5.97 Å². The van der Waals surface area contributed by atoms with Crippen molar-refractivity contribution < 1.29 is 19.1 Å². The summed E-state index contributed by atoms with van der Waals surface area (Å²) in [5, 5.41) is 10.2. The topological polar surface area (TPSA) is 98.6 Å². The van der Waals surface area contributed by atoms with Crippen molar-refractivity contribution in [2.45, 2.75) is 39.3 Å². The lowest BCUT2D eigenvalue weighted by Gasteiger charge is -2.12. The van der Waals surface area contributed by atoms with Crippen molar-refractivity contribution in [2.75, 3.05) is 0 Å². The van der Waals surface area contributed by atoms with Gasteiger partial charge in [0.05, 0.1) is 6.42 Å². The summed E-state index contributed by atoms with van der Waals surface area (Å²) in [7, 11) is 0. The number of pyridine rings is 1. The number of furan rings is 1. The van der Waals surface area contributed by atoms with E-state index in [4.69, 9.17) is 20.0 Å². The minimum absolute atomic E-state index is 0.0832. The van der Waals surface area contributed by atoms with Gasteiger partial charge in [-0.05, 0) is 47.9 Å². The lowest BCUT2D eigenvalue weighted by Crippen LogP contribution is -2.04. The first-order valence-corrected chi connectivity index (χ1v) is 10.7. The number of aromatic nitrogens is 1. The summed E-state index contributed by atoms with van der Waals surface area (Å²) < 4.78 is 12.2. The Bertz CT molecular complexity index is 1250. The van der Waals surface area contributed by atoms with Gasteiger partial charge in [-0.15, -0.1) is 0 Å². The Hall–Kier alpha value is -3.64. The minimum Gasteiger partial charge on any atom is -0.489 e. The number of aryl methyl sites for hydroxylation is 1. The number of carbonyl (C=O) groups is 1. The zero-order valence-corrected chi connectivity index (χ0v) is 18.0. The molecule has 6 heteroatoms. The normalized spacial score (nSPS) is 11.1. The van der Waals surface area contributed by atoms with Gasteiger partial charge in [0.25, 0.3) is 0 Å². The SMILES string of the molecule is CCCc1cc2cc(COc3ccccc3CC(=O)O)cc(-c3cncc(CN)c3)c2o1. The molecule has 0 fully saturated rings. The predicted molar refractivity (Wildman–Crippen MR) is 123 cm³/mol. The van der Waals surface area contributed by atoms with Crippen LogP contribution in [0.25, 0.3) is 22.1 Å². The van der Waals surface area contributed by atoms with Gasteiger partial charge in [-0.3, -0.25) is 9.78 Å². The Morgan fingerprint density at radius 2 is 1.97 bits per heavy atom. The summed E-state index contributed by atoms with van der Waals surface area (Å²) in [5.41, 5.74) is 11.1. The number of rotatable bonds is 9. The van der Waals surface area contributed by atoms with Gasteiger partial charge in [-0.25, -0.2) is 0 Å². The molecule has 0 radical (unpaired) electrons. The maximum Gasteiger partial charge on any atom is 0.307 e. The van der Waals surface area contributed by atoms with Crippen molar-refractivity contribution >= 4 is 16.9 Å². The van der Waals surface area contributed by atoms with Crippen LogP contribution in [0.3, 0.4) is 0 Å². The van der Waals surface area contributed by atoms with E-state index in [1.807, 2.05) is 30.5 Å². The third-order valence-electron chi connectivity index (χ3n) is 5.27. The fourth-order valence-corrected chi connectivity index (χ4v) is 3.80. The van der Waals surface area contributed by atoms with E-state index >= 15 is 0 Å². The zero-order chi connectivity index (χ0) is 22.5. The molecule has 4 rings (SSSR count). The molecular weight excluding hydrogens is 404 g/mol. The molecule has 0 spiro atoms. The second-order valence-corrected chi connectivity index (χ2v) is 7.78. The van der Waals surface area contributed by atoms with Gasteiger partial charge in [-0.2, -0.15) is 0 Å². The molecule has 164 valence electrons. The number of para-hydroxylation sites is 1. The van der Waals surface area contributed by atoms with Crippen molar-refractivity contribution in [1.82, 2.24) is 4.98 Å². The van der Waals surface area contributed by atoms with E-state index in [1.165, 1.54) is 0 Å². The summed E-state index contributed by atoms with van der Waals surface area (Å²) in [4.78, 5) is 15.5. The van der Waals surface area contributed by atoms with Crippen LogP contribution >= 0.6 is 0 Å². The van der Waals surface area contributed by atoms with Crippen LogP contribution < -0.4 is 10.5 Å². The number of hydrogen-bond acceptors (Lipinski definition) is 5. The maximum atomic E-state index is 11.2. The molecule has 0 amide bonds. The summed E-state index contributed by atoms with van der Waals surface area (Å²) in [6, 6.07) is 15.4. The smallest absolute Gasteiger partial charge is 0.307 e. The first kappa shape index (κ1) is 21.6. The largest absolute Gasteiger partial charge is 0.489 e. The average Bonchev–Trinajstić information content (AvgIpc) is 3.20. The van der Waals surface area contributed by atoms with Crippen molar-refractivity contribution in [3.05, 3.63) is 83.4 Å². The van der Waals surface area contributed by atoms with Crippen LogP contribution in [0.1, 0.15) is 35.8 Å². The standard InChI is InChI=1S/C26H26N2O4/c1-2-5-22-11-20-8-17(16-31-24-7-4-3-6-19(24)12-25(29)30)10-23(26(20)32-22)21-9-18(13-27)14-28-15-21/h3-4,6-11,14-15H,2,5,12-13,16,27H2,1H3,(H,29,30). The Balaban J connectivity index is 1.72. The minimum atomic E-state index is -0.890. The average molecular weight is 431 g/mol. The van der Waals surface area contributed by atoms with Crippen LogP contribution in [0.15, 0.2) is 65.3 Å². The third kappa shape index (κ3) is 4.81. The van der Waals surface area contributed by atoms with Gasteiger partial charge in [0.2, 0.25) is 0 Å². The van der Waals surface area contributed by atoms with Crippen molar-refractivity contribution in [1.29, 1.82) is 0 Å². The molecule has 2 aromatic heterocycles. The van der Waals surface area contributed by atoms with E-state index in [9.17, 15) is 4.79 Å². The van der Waals surface area contributed by atoms with E-state index in [0.717, 1.165) is 51.8 Å². The second-order valence-electron chi connectivity index (χ2n) is 7.78. The van der Waals surface area contributed by atoms with Crippen LogP contribution in [0.2, 0.25) is 0 Å². The number of carboxylic acids is 1. The first-order valence-electron chi connectivity index (χ1n) is 10.7. The number of hydrogen-bond donors (Lipinski definition) is 2. The highest BCUT2D eigenvalue weighted by Gasteiger charge is 2.14. The quantitative estimate of drug-likeness (QED) is 0.383. The van der Waals surface area contributed by atoms with Gasteiger partial charge >= 0.3 is 5.97 Å². The fraction of sp³-hybridized carbons (Fsp3) is 0.231. The van der Waals surface area contributed by atoms with E-state index in [1.54, 1.807) is 18.3 Å². The number of carboxylic acid groups (broad SMARTS) is 1. The number of benzene rings is 2. The van der Waals surface area contributed by atoms with Gasteiger partial charge < -0.3 is 20.0 Å². The number of aliphatic carboxylic acids is 1. The third-order valence-corrected chi connectivity index (χ3v) is 5.27. The van der Waals surface area contributed by atoms with Crippen LogP contribution in [-0.2, 0) is 30.8 Å². The number of nitrogens with zero attached hydrogens (tertiary/aromatic N) is 1. The van der Waals surface area contributed by atoms with E-state index in [-0.39, 0.29) is 6.42 Å². The summed E-state index contributed by atoms with van der Waals surface area (Å²) in [5.74, 6) is 0.623. The molecule has 0 atom stereocenters. The van der Waals surface area contributed by atoms with Crippen LogP contribution in [-0.4, -0.2) is 16.1 Å². The molecule has 0 saturated carbocycles. The number of fused-ring (bicyclic) bond motifs is 1. The Labute approximate surface area is 186 Å². The number of nitrogens with two attached hydrogens (primary N) is 1. The summed E-state index contributed by atoms with van der Waals surface area (Å²) >= 11 is 0. The predicted octanol–water partition coefficient (Wildman–Crippen LogP) is 5.11. The highest BCUT2D eigenvalue weighted by Crippen LogP contribution is 2.33. The Morgan fingerprint density at radius 3 is 2.75 bits per heavy atom. The van der Waals surface area contributed by atoms with E-state index in [2.05, 4.69) is 24.0 Å². The molecule has 0 aliphatic rings. The summed E-state index contributed by atoms with van der Waals surface area (Å²) in [6.45, 7) is 2.83. The molecule has 3 N–H and O–H groups in total. The van der Waals surface area contributed by atoms with Crippen LogP contribution in [0.5, 0.6) is 5.75 Å². The lowest BCUT2D eigenvalue weighted by molar-refractivity contribution is -0.136. The Morgan fingerprint density at radius 1 is 1.12 bits per heavy atom. The van der Waals surface area contributed by atoms with Gasteiger partial charge in [-0.1, -0.05) is 25.1 Å². The fourth-order valence-electron chi connectivity index (χ4n) is 3.80. The second kappa shape index (κ2) is 9.66. The zero-order valence-electron chi connectivity index (χ0n) is 18.0. The van der Waals surface area contributed by atoms with Crippen LogP contribution in [0, 0.1) is 0 Å². The highest BCUT2D eigenvalue weighted by atomic mass is 16.5. The molecule has 0 aliphatic heterocycles. The van der Waals surface area contributed by atoms with Gasteiger partial charge in [0, 0.05) is 47.4 Å². The molecule has 0 bridgehead atoms. The molecule has 32 heavy (non-hydrogen) atoms. The molecule has 0 unspecified atom stereocenters. The molecule has 4 aromatic rings. The van der Waals surface area contributed by atoms with E-state index in [0.29, 0.717) is 24.5 Å². The number of ether oxygens (including phenoxy) is 1. The molecular formula is C26H26N2O4. The molecule has 6 nitrogen and oxygen atoms in total. The first-order chi connectivity index (χ1) is 15.6. The lowest BCUT2D eigenvalue weighted by atomic mass is 10.0. The molecule has 0 saturated heterocycles. The van der Waals surface area contributed by atoms with Gasteiger partial charge in [0.1, 0.15) is 23.7 Å². The van der Waals surface area contributed by atoms with Crippen molar-refractivity contribution in [2.24, 2.45) is 5.73 Å². The Kier molecular flexibility index (Phi) is 6.52.